The normalized spacial score (nSPS) is 14.7. The minimum absolute atomic E-state index is 0. The van der Waals surface area contributed by atoms with Gasteiger partial charge in [-0.05, 0) is 46.6 Å². The van der Waals surface area contributed by atoms with E-state index in [0.29, 0.717) is 21.6 Å². The maximum absolute atomic E-state index is 13.2. The Balaban J connectivity index is 0.00000240. The first kappa shape index (κ1) is 22.9. The number of ether oxygens (including phenoxy) is 1. The van der Waals surface area contributed by atoms with E-state index in [0.717, 1.165) is 53.3 Å². The van der Waals surface area contributed by atoms with Gasteiger partial charge in [0, 0.05) is 26.2 Å². The maximum atomic E-state index is 13.2. The van der Waals surface area contributed by atoms with Gasteiger partial charge in [-0.2, -0.15) is 0 Å². The molecule has 0 saturated carbocycles. The lowest BCUT2D eigenvalue weighted by Gasteiger charge is -2.27. The van der Waals surface area contributed by atoms with Crippen LogP contribution in [-0.4, -0.2) is 55.2 Å². The number of carbonyl (C=O) groups excluding carboxylic acids is 1. The van der Waals surface area contributed by atoms with Crippen LogP contribution in [0.25, 0.3) is 10.2 Å². The summed E-state index contributed by atoms with van der Waals surface area (Å²) in [6.45, 7) is 5.01. The molecule has 0 spiro atoms. The number of thiazole rings is 1. The van der Waals surface area contributed by atoms with Crippen molar-refractivity contribution in [3.05, 3.63) is 44.0 Å². The molecular formula is C19H20BrCl2N3O2S2. The number of amides is 1. The third-order valence-corrected chi connectivity index (χ3v) is 7.54. The Kier molecular flexibility index (Phi) is 8.32. The maximum Gasteiger partial charge on any atom is 0.270 e. The van der Waals surface area contributed by atoms with E-state index < -0.39 is 0 Å². The smallest absolute Gasteiger partial charge is 0.270 e. The van der Waals surface area contributed by atoms with E-state index in [-0.39, 0.29) is 18.3 Å². The van der Waals surface area contributed by atoms with Gasteiger partial charge in [0.05, 0.1) is 31.6 Å². The first-order chi connectivity index (χ1) is 13.6. The third kappa shape index (κ3) is 5.50. The van der Waals surface area contributed by atoms with E-state index in [1.165, 1.54) is 22.7 Å². The van der Waals surface area contributed by atoms with E-state index in [4.69, 9.17) is 16.3 Å². The minimum atomic E-state index is -0.0205. The molecule has 10 heteroatoms. The fourth-order valence-electron chi connectivity index (χ4n) is 3.14. The molecule has 0 unspecified atom stereocenters. The molecule has 3 aromatic rings. The number of para-hydroxylation sites is 1. The standard InChI is InChI=1S/C19H19BrClN3O2S2.ClH/c20-16-6-5-15(27-16)18(25)24(8-2-7-23-9-11-26-12-10-23)19-22-17-13(21)3-1-4-14(17)28-19;/h1,3-6H,2,7-12H2;1H. The quantitative estimate of drug-likeness (QED) is 0.413. The van der Waals surface area contributed by atoms with Crippen LogP contribution in [0.15, 0.2) is 34.1 Å². The van der Waals surface area contributed by atoms with Gasteiger partial charge in [-0.25, -0.2) is 4.98 Å². The van der Waals surface area contributed by atoms with E-state index in [1.54, 1.807) is 4.90 Å². The molecule has 0 N–H and O–H groups in total. The number of anilines is 1. The number of morpholine rings is 1. The van der Waals surface area contributed by atoms with E-state index >= 15 is 0 Å². The lowest BCUT2D eigenvalue weighted by molar-refractivity contribution is 0.0376. The van der Waals surface area contributed by atoms with Crippen molar-refractivity contribution in [3.63, 3.8) is 0 Å². The van der Waals surface area contributed by atoms with E-state index in [1.807, 2.05) is 30.3 Å². The number of hydrogen-bond acceptors (Lipinski definition) is 6. The Morgan fingerprint density at radius 3 is 2.72 bits per heavy atom. The highest BCUT2D eigenvalue weighted by atomic mass is 79.9. The van der Waals surface area contributed by atoms with Crippen LogP contribution in [-0.2, 0) is 4.74 Å². The average Bonchev–Trinajstić information content (AvgIpc) is 3.33. The molecule has 5 nitrogen and oxygen atoms in total. The second-order valence-electron chi connectivity index (χ2n) is 6.45. The average molecular weight is 537 g/mol. The van der Waals surface area contributed by atoms with Crippen molar-refractivity contribution in [3.8, 4) is 0 Å². The number of halogens is 3. The summed E-state index contributed by atoms with van der Waals surface area (Å²) in [5.74, 6) is -0.0205. The highest BCUT2D eigenvalue weighted by Gasteiger charge is 2.23. The number of fused-ring (bicyclic) bond motifs is 1. The van der Waals surface area contributed by atoms with E-state index in [2.05, 4.69) is 25.8 Å². The third-order valence-electron chi connectivity index (χ3n) is 4.58. The van der Waals surface area contributed by atoms with Gasteiger partial charge < -0.3 is 4.74 Å². The second kappa shape index (κ2) is 10.5. The molecule has 2 aromatic heterocycles. The van der Waals surface area contributed by atoms with Crippen LogP contribution < -0.4 is 4.90 Å². The van der Waals surface area contributed by atoms with Crippen molar-refractivity contribution in [2.24, 2.45) is 0 Å². The van der Waals surface area contributed by atoms with Gasteiger partial charge >= 0.3 is 0 Å². The molecule has 1 fully saturated rings. The molecular weight excluding hydrogens is 517 g/mol. The van der Waals surface area contributed by atoms with E-state index in [9.17, 15) is 4.79 Å². The van der Waals surface area contributed by atoms with Gasteiger partial charge in [0.25, 0.3) is 5.91 Å². The molecule has 1 aromatic carbocycles. The molecule has 0 aliphatic carbocycles. The molecule has 0 radical (unpaired) electrons. The Hall–Kier alpha value is -0.740. The molecule has 1 saturated heterocycles. The van der Waals surface area contributed by atoms with Crippen LogP contribution in [0.4, 0.5) is 5.13 Å². The van der Waals surface area contributed by atoms with Gasteiger partial charge in [0.1, 0.15) is 5.52 Å². The number of nitrogens with zero attached hydrogens (tertiary/aromatic N) is 3. The van der Waals surface area contributed by atoms with Crippen molar-refractivity contribution in [1.82, 2.24) is 9.88 Å². The molecule has 0 atom stereocenters. The van der Waals surface area contributed by atoms with Crippen LogP contribution in [0, 0.1) is 0 Å². The van der Waals surface area contributed by atoms with Crippen molar-refractivity contribution >= 4 is 83.9 Å². The highest BCUT2D eigenvalue weighted by Crippen LogP contribution is 2.34. The van der Waals surface area contributed by atoms with Gasteiger partial charge in [-0.3, -0.25) is 14.6 Å². The second-order valence-corrected chi connectivity index (χ2v) is 10.3. The predicted octanol–water partition coefficient (Wildman–Crippen LogP) is 5.56. The zero-order valence-corrected chi connectivity index (χ0v) is 20.3. The van der Waals surface area contributed by atoms with Gasteiger partial charge in [-0.1, -0.05) is 29.0 Å². The fraction of sp³-hybridized carbons (Fsp3) is 0.368. The van der Waals surface area contributed by atoms with Gasteiger partial charge in [-0.15, -0.1) is 23.7 Å². The molecule has 0 bridgehead atoms. The van der Waals surface area contributed by atoms with Crippen molar-refractivity contribution < 1.29 is 9.53 Å². The predicted molar refractivity (Wildman–Crippen MR) is 127 cm³/mol. The molecule has 3 heterocycles. The first-order valence-corrected chi connectivity index (χ1v) is 11.8. The number of thiophene rings is 1. The van der Waals surface area contributed by atoms with Gasteiger partial charge in [0.15, 0.2) is 5.13 Å². The summed E-state index contributed by atoms with van der Waals surface area (Å²) < 4.78 is 7.34. The lowest BCUT2D eigenvalue weighted by atomic mass is 10.3. The Morgan fingerprint density at radius 2 is 2.03 bits per heavy atom. The summed E-state index contributed by atoms with van der Waals surface area (Å²) in [5.41, 5.74) is 0.752. The van der Waals surface area contributed by atoms with Crippen LogP contribution in [0.3, 0.4) is 0 Å². The summed E-state index contributed by atoms with van der Waals surface area (Å²) in [6, 6.07) is 9.48. The summed E-state index contributed by atoms with van der Waals surface area (Å²) in [4.78, 5) is 22.8. The number of hydrogen-bond donors (Lipinski definition) is 0. The van der Waals surface area contributed by atoms with Crippen molar-refractivity contribution in [2.45, 2.75) is 6.42 Å². The van der Waals surface area contributed by atoms with Crippen molar-refractivity contribution in [2.75, 3.05) is 44.3 Å². The Morgan fingerprint density at radius 1 is 1.24 bits per heavy atom. The molecule has 29 heavy (non-hydrogen) atoms. The zero-order valence-electron chi connectivity index (χ0n) is 15.5. The largest absolute Gasteiger partial charge is 0.379 e. The van der Waals surface area contributed by atoms with Crippen molar-refractivity contribution in [1.29, 1.82) is 0 Å². The lowest BCUT2D eigenvalue weighted by Crippen LogP contribution is -2.39. The summed E-state index contributed by atoms with van der Waals surface area (Å²) in [5, 5.41) is 1.30. The summed E-state index contributed by atoms with van der Waals surface area (Å²) in [7, 11) is 0. The summed E-state index contributed by atoms with van der Waals surface area (Å²) in [6.07, 6.45) is 0.877. The number of rotatable bonds is 6. The fourth-order valence-corrected chi connectivity index (χ4v) is 5.77. The minimum Gasteiger partial charge on any atom is -0.379 e. The SMILES string of the molecule is Cl.O=C(c1ccc(Br)s1)N(CCCN1CCOCC1)c1nc2c(Cl)cccc2s1. The first-order valence-electron chi connectivity index (χ1n) is 9.04. The van der Waals surface area contributed by atoms with Crippen LogP contribution in [0.1, 0.15) is 16.1 Å². The topological polar surface area (TPSA) is 45.7 Å². The number of aromatic nitrogens is 1. The Labute approximate surface area is 197 Å². The molecule has 1 aliphatic rings. The molecule has 1 aliphatic heterocycles. The summed E-state index contributed by atoms with van der Waals surface area (Å²) >= 11 is 12.7. The molecule has 156 valence electrons. The molecule has 1 amide bonds. The zero-order chi connectivity index (χ0) is 19.5. The molecule has 4 rings (SSSR count). The van der Waals surface area contributed by atoms with Gasteiger partial charge in [0.2, 0.25) is 0 Å². The number of carbonyl (C=O) groups is 1. The Bertz CT molecular complexity index is 975. The number of benzene rings is 1. The van der Waals surface area contributed by atoms with Crippen LogP contribution in [0.2, 0.25) is 5.02 Å². The monoisotopic (exact) mass is 535 g/mol. The van der Waals surface area contributed by atoms with Crippen LogP contribution in [0.5, 0.6) is 0 Å². The van der Waals surface area contributed by atoms with Crippen LogP contribution >= 0.6 is 62.6 Å². The highest BCUT2D eigenvalue weighted by molar-refractivity contribution is 9.11.